The number of nitrogens with zero attached hydrogens (tertiary/aromatic N) is 1. The minimum Gasteiger partial charge on any atom is -0.453 e. The van der Waals surface area contributed by atoms with E-state index in [2.05, 4.69) is 46.8 Å². The van der Waals surface area contributed by atoms with Crippen LogP contribution in [0.2, 0.25) is 0 Å². The molecule has 0 fully saturated rings. The molecule has 0 spiro atoms. The van der Waals surface area contributed by atoms with E-state index in [-0.39, 0.29) is 18.2 Å². The lowest BCUT2D eigenvalue weighted by Gasteiger charge is -2.20. The summed E-state index contributed by atoms with van der Waals surface area (Å²) in [5.41, 5.74) is 11.5. The monoisotopic (exact) mass is 421 g/mol. The van der Waals surface area contributed by atoms with E-state index in [9.17, 15) is 9.90 Å². The number of aromatic nitrogens is 3. The Bertz CT molecular complexity index is 622. The van der Waals surface area contributed by atoms with Crippen molar-refractivity contribution in [2.24, 2.45) is 5.73 Å². The van der Waals surface area contributed by atoms with Crippen LogP contribution >= 0.6 is 31.9 Å². The number of H-pyrrole nitrogens is 2. The molecule has 0 amide bonds. The van der Waals surface area contributed by atoms with E-state index < -0.39 is 18.2 Å². The van der Waals surface area contributed by atoms with Gasteiger partial charge in [-0.25, -0.2) is 9.78 Å². The summed E-state index contributed by atoms with van der Waals surface area (Å²) < 4.78 is 6.50. The van der Waals surface area contributed by atoms with Crippen LogP contribution in [0.4, 0.5) is 5.95 Å². The zero-order chi connectivity index (χ0) is 15.6. The minimum atomic E-state index is -1.15. The lowest BCUT2D eigenvalue weighted by Crippen LogP contribution is -2.33. The Kier molecular flexibility index (Phi) is 5.04. The first-order valence-electron chi connectivity index (χ1n) is 5.86. The average Bonchev–Trinajstić information content (AvgIpc) is 3.02. The van der Waals surface area contributed by atoms with Crippen molar-refractivity contribution in [1.29, 1.82) is 0 Å². The normalized spacial score (nSPS) is 13.9. The Hall–Kier alpha value is -1.36. The lowest BCUT2D eigenvalue weighted by atomic mass is 10.1. The molecule has 2 rings (SSSR count). The molecule has 21 heavy (non-hydrogen) atoms. The topological polar surface area (TPSA) is 143 Å². The molecule has 2 atom stereocenters. The summed E-state index contributed by atoms with van der Waals surface area (Å²) in [6.45, 7) is -0.0606. The number of aromatic amines is 2. The number of esters is 1. The Morgan fingerprint density at radius 1 is 1.48 bits per heavy atom. The van der Waals surface area contributed by atoms with Crippen LogP contribution in [0.3, 0.4) is 0 Å². The van der Waals surface area contributed by atoms with Gasteiger partial charge in [0.15, 0.2) is 5.95 Å². The number of imidazole rings is 1. The highest BCUT2D eigenvalue weighted by Gasteiger charge is 2.26. The maximum atomic E-state index is 12.0. The van der Waals surface area contributed by atoms with Crippen LogP contribution in [-0.4, -0.2) is 38.7 Å². The fourth-order valence-electron chi connectivity index (χ4n) is 1.66. The second-order valence-corrected chi connectivity index (χ2v) is 5.84. The molecule has 2 aromatic heterocycles. The molecule has 8 nitrogen and oxygen atoms in total. The first kappa shape index (κ1) is 16.0. The van der Waals surface area contributed by atoms with Gasteiger partial charge in [0.1, 0.15) is 17.9 Å². The molecule has 0 bridgehead atoms. The van der Waals surface area contributed by atoms with Gasteiger partial charge in [0.05, 0.1) is 21.0 Å². The van der Waals surface area contributed by atoms with E-state index >= 15 is 0 Å². The highest BCUT2D eigenvalue weighted by Crippen LogP contribution is 2.24. The number of rotatable bonds is 5. The highest BCUT2D eigenvalue weighted by atomic mass is 79.9. The van der Waals surface area contributed by atoms with Crippen molar-refractivity contribution >= 4 is 43.8 Å². The van der Waals surface area contributed by atoms with Crippen molar-refractivity contribution in [1.82, 2.24) is 15.0 Å². The summed E-state index contributed by atoms with van der Waals surface area (Å²) in [6, 6.07) is 1.56. The van der Waals surface area contributed by atoms with Crippen LogP contribution in [0.5, 0.6) is 0 Å². The smallest absolute Gasteiger partial charge is 0.355 e. The van der Waals surface area contributed by atoms with Crippen LogP contribution in [0, 0.1) is 0 Å². The van der Waals surface area contributed by atoms with Gasteiger partial charge < -0.3 is 31.3 Å². The molecule has 0 aliphatic heterocycles. The van der Waals surface area contributed by atoms with E-state index in [0.29, 0.717) is 14.8 Å². The van der Waals surface area contributed by atoms with Crippen molar-refractivity contribution < 1.29 is 14.6 Å². The molecule has 0 radical (unpaired) electrons. The molecule has 0 unspecified atom stereocenters. The fraction of sp³-hybridized carbons (Fsp3) is 0.273. The number of halogens is 2. The average molecular weight is 423 g/mol. The highest BCUT2D eigenvalue weighted by molar-refractivity contribution is 9.13. The number of nitrogens with one attached hydrogen (secondary N) is 2. The predicted octanol–water partition coefficient (Wildman–Crippen LogP) is 1.06. The van der Waals surface area contributed by atoms with Crippen LogP contribution in [0.15, 0.2) is 21.3 Å². The molecule has 0 aromatic carbocycles. The number of hydrogen-bond acceptors (Lipinski definition) is 6. The van der Waals surface area contributed by atoms with Gasteiger partial charge in [0, 0.05) is 6.54 Å². The van der Waals surface area contributed by atoms with Crippen LogP contribution in [0.1, 0.15) is 22.3 Å². The quantitative estimate of drug-likeness (QED) is 0.456. The molecule has 2 heterocycles. The summed E-state index contributed by atoms with van der Waals surface area (Å²) in [5, 5.41) is 10.1. The Morgan fingerprint density at radius 2 is 2.19 bits per heavy atom. The summed E-state index contributed by atoms with van der Waals surface area (Å²) in [6.07, 6.45) is -0.720. The van der Waals surface area contributed by atoms with Gasteiger partial charge in [0.2, 0.25) is 0 Å². The van der Waals surface area contributed by atoms with E-state index in [1.165, 1.54) is 6.20 Å². The molecule has 0 aliphatic rings. The number of carbonyl (C=O) groups excluding carboxylic acids is 1. The molecule has 0 aliphatic carbocycles. The summed E-state index contributed by atoms with van der Waals surface area (Å²) in [4.78, 5) is 21.2. The number of aliphatic hydroxyl groups is 1. The zero-order valence-electron chi connectivity index (χ0n) is 10.6. The number of anilines is 1. The van der Waals surface area contributed by atoms with Crippen molar-refractivity contribution in [3.63, 3.8) is 0 Å². The number of ether oxygens (including phenoxy) is 1. The Morgan fingerprint density at radius 3 is 2.67 bits per heavy atom. The molecule has 0 saturated heterocycles. The largest absolute Gasteiger partial charge is 0.453 e. The predicted molar refractivity (Wildman–Crippen MR) is 82.4 cm³/mol. The maximum absolute atomic E-state index is 12.0. The van der Waals surface area contributed by atoms with Crippen LogP contribution in [0.25, 0.3) is 0 Å². The standard InChI is InChI=1S/C11H13Br2N5O3/c12-4-1-5(17-9(4)13)10(20)21-7(2-14)8(19)6-3-16-11(15)18-6/h1,3,7-8,17,19H,2,14H2,(H3,15,16,18)/t7-,8+/m0/s1. The van der Waals surface area contributed by atoms with Gasteiger partial charge in [-0.05, 0) is 37.9 Å². The van der Waals surface area contributed by atoms with Gasteiger partial charge in [-0.1, -0.05) is 0 Å². The maximum Gasteiger partial charge on any atom is 0.355 e. The first-order valence-corrected chi connectivity index (χ1v) is 7.44. The Balaban J connectivity index is 2.09. The molecular weight excluding hydrogens is 410 g/mol. The van der Waals surface area contributed by atoms with Crippen molar-refractivity contribution in [3.8, 4) is 0 Å². The van der Waals surface area contributed by atoms with E-state index in [4.69, 9.17) is 16.2 Å². The van der Waals surface area contributed by atoms with E-state index in [1.807, 2.05) is 0 Å². The van der Waals surface area contributed by atoms with E-state index in [0.717, 1.165) is 0 Å². The third-order valence-electron chi connectivity index (χ3n) is 2.72. The van der Waals surface area contributed by atoms with Gasteiger partial charge >= 0.3 is 5.97 Å². The number of nitrogens with two attached hydrogens (primary N) is 2. The summed E-state index contributed by atoms with van der Waals surface area (Å²) in [5.74, 6) is -0.480. The first-order chi connectivity index (χ1) is 9.92. The Labute approximate surface area is 136 Å². The number of carbonyl (C=O) groups is 1. The van der Waals surface area contributed by atoms with Crippen LogP contribution in [-0.2, 0) is 4.74 Å². The molecule has 10 heteroatoms. The fourth-order valence-corrected chi connectivity index (χ4v) is 2.31. The molecule has 2 aromatic rings. The van der Waals surface area contributed by atoms with Crippen molar-refractivity contribution in [2.45, 2.75) is 12.2 Å². The SMILES string of the molecule is NC[C@H](OC(=O)c1cc(Br)c(Br)[nH]1)[C@H](O)c1cnc(N)[nH]1. The number of nitrogen functional groups attached to an aromatic ring is 1. The summed E-state index contributed by atoms with van der Waals surface area (Å²) in [7, 11) is 0. The number of hydrogen-bond donors (Lipinski definition) is 5. The lowest BCUT2D eigenvalue weighted by molar-refractivity contribution is -0.0171. The second kappa shape index (κ2) is 6.60. The molecule has 7 N–H and O–H groups in total. The van der Waals surface area contributed by atoms with Gasteiger partial charge in [-0.2, -0.15) is 0 Å². The molecular formula is C11H13Br2N5O3. The summed E-state index contributed by atoms with van der Waals surface area (Å²) >= 11 is 6.47. The van der Waals surface area contributed by atoms with Gasteiger partial charge in [0.25, 0.3) is 0 Å². The van der Waals surface area contributed by atoms with Crippen molar-refractivity contribution in [2.75, 3.05) is 12.3 Å². The van der Waals surface area contributed by atoms with Gasteiger partial charge in [-0.15, -0.1) is 0 Å². The third-order valence-corrected chi connectivity index (χ3v) is 4.50. The van der Waals surface area contributed by atoms with Crippen molar-refractivity contribution in [3.05, 3.63) is 32.7 Å². The number of aliphatic hydroxyl groups excluding tert-OH is 1. The molecule has 0 saturated carbocycles. The second-order valence-electron chi connectivity index (χ2n) is 4.19. The van der Waals surface area contributed by atoms with E-state index in [1.54, 1.807) is 6.07 Å². The zero-order valence-corrected chi connectivity index (χ0v) is 13.8. The van der Waals surface area contributed by atoms with Gasteiger partial charge in [-0.3, -0.25) is 0 Å². The minimum absolute atomic E-state index is 0.0606. The van der Waals surface area contributed by atoms with Crippen LogP contribution < -0.4 is 11.5 Å². The third kappa shape index (κ3) is 3.64. The molecule has 114 valence electrons.